The van der Waals surface area contributed by atoms with Gasteiger partial charge in [-0.05, 0) is 36.0 Å². The Labute approximate surface area is 116 Å². The fourth-order valence-electron chi connectivity index (χ4n) is 5.69. The highest BCUT2D eigenvalue weighted by Crippen LogP contribution is 2.74. The van der Waals surface area contributed by atoms with Gasteiger partial charge in [-0.25, -0.2) is 0 Å². The first-order valence-corrected chi connectivity index (χ1v) is 7.56. The van der Waals surface area contributed by atoms with E-state index in [-0.39, 0.29) is 23.2 Å². The molecule has 1 saturated heterocycles. The van der Waals surface area contributed by atoms with Crippen LogP contribution in [0.5, 0.6) is 0 Å². The van der Waals surface area contributed by atoms with E-state index in [0.29, 0.717) is 25.0 Å². The maximum absolute atomic E-state index is 9.39. The fraction of sp³-hybridized carbons (Fsp3) is 0.875. The minimum atomic E-state index is -0.387. The standard InChI is InChI=1S/C16H26O3/c1-4-15-7-5-8-16(18-10-11-19-16)13(15)14(2,3)12(15)6-9-17/h4,12-13,17H,1,5-11H2,2-3H3/t12-,13-,15+/m1/s1. The molecule has 0 unspecified atom stereocenters. The molecule has 2 saturated carbocycles. The SMILES string of the molecule is C=C[C@@]12CCCC3(OCCO3)[C@@H]1C(C)(C)[C@H]2CCO. The van der Waals surface area contributed by atoms with E-state index in [9.17, 15) is 5.11 Å². The van der Waals surface area contributed by atoms with Crippen molar-refractivity contribution < 1.29 is 14.6 Å². The molecule has 0 amide bonds. The largest absolute Gasteiger partial charge is 0.396 e. The summed E-state index contributed by atoms with van der Waals surface area (Å²) in [6.07, 6.45) is 6.27. The van der Waals surface area contributed by atoms with Gasteiger partial charge >= 0.3 is 0 Å². The van der Waals surface area contributed by atoms with Gasteiger partial charge in [0, 0.05) is 18.9 Å². The topological polar surface area (TPSA) is 38.7 Å². The second-order valence-electron chi connectivity index (χ2n) is 7.00. The molecule has 0 aromatic rings. The summed E-state index contributed by atoms with van der Waals surface area (Å²) in [5.41, 5.74) is 0.233. The average Bonchev–Trinajstić information content (AvgIpc) is 2.83. The van der Waals surface area contributed by atoms with E-state index >= 15 is 0 Å². The molecular weight excluding hydrogens is 240 g/mol. The van der Waals surface area contributed by atoms with Gasteiger partial charge in [-0.15, -0.1) is 6.58 Å². The Morgan fingerprint density at radius 2 is 1.95 bits per heavy atom. The number of hydrogen-bond acceptors (Lipinski definition) is 3. The van der Waals surface area contributed by atoms with Gasteiger partial charge in [0.25, 0.3) is 0 Å². The third kappa shape index (κ3) is 1.55. The van der Waals surface area contributed by atoms with Crippen LogP contribution in [-0.4, -0.2) is 30.7 Å². The van der Waals surface area contributed by atoms with Gasteiger partial charge in [-0.2, -0.15) is 0 Å². The number of hydrogen-bond donors (Lipinski definition) is 1. The number of rotatable bonds is 3. The van der Waals surface area contributed by atoms with Crippen LogP contribution in [0.2, 0.25) is 0 Å². The van der Waals surface area contributed by atoms with Crippen LogP contribution in [0.3, 0.4) is 0 Å². The minimum Gasteiger partial charge on any atom is -0.396 e. The predicted octanol–water partition coefficient (Wildman–Crippen LogP) is 2.74. The second kappa shape index (κ2) is 4.31. The quantitative estimate of drug-likeness (QED) is 0.798. The Morgan fingerprint density at radius 3 is 2.53 bits per heavy atom. The Morgan fingerprint density at radius 1 is 1.26 bits per heavy atom. The predicted molar refractivity (Wildman–Crippen MR) is 73.6 cm³/mol. The van der Waals surface area contributed by atoms with Gasteiger partial charge in [0.1, 0.15) is 0 Å². The van der Waals surface area contributed by atoms with Crippen molar-refractivity contribution in [1.82, 2.24) is 0 Å². The molecule has 19 heavy (non-hydrogen) atoms. The summed E-state index contributed by atoms with van der Waals surface area (Å²) in [5, 5.41) is 9.39. The number of allylic oxidation sites excluding steroid dienone is 1. The molecule has 0 aromatic carbocycles. The number of aliphatic hydroxyl groups excluding tert-OH is 1. The first-order chi connectivity index (χ1) is 9.03. The van der Waals surface area contributed by atoms with Crippen molar-refractivity contribution in [3.63, 3.8) is 0 Å². The summed E-state index contributed by atoms with van der Waals surface area (Å²) in [5.74, 6) is 0.470. The maximum Gasteiger partial charge on any atom is 0.172 e. The lowest BCUT2D eigenvalue weighted by atomic mass is 9.34. The van der Waals surface area contributed by atoms with Gasteiger partial charge in [-0.3, -0.25) is 0 Å². The highest BCUT2D eigenvalue weighted by Gasteiger charge is 2.73. The zero-order valence-corrected chi connectivity index (χ0v) is 12.2. The van der Waals surface area contributed by atoms with Gasteiger partial charge in [0.15, 0.2) is 5.79 Å². The normalized spacial score (nSPS) is 42.7. The Balaban J connectivity index is 1.99. The molecule has 1 heterocycles. The smallest absolute Gasteiger partial charge is 0.172 e. The van der Waals surface area contributed by atoms with Crippen molar-refractivity contribution in [2.45, 2.75) is 45.3 Å². The summed E-state index contributed by atoms with van der Waals surface area (Å²) in [7, 11) is 0. The zero-order chi connectivity index (χ0) is 13.7. The van der Waals surface area contributed by atoms with E-state index in [1.54, 1.807) is 0 Å². The summed E-state index contributed by atoms with van der Waals surface area (Å²) >= 11 is 0. The van der Waals surface area contributed by atoms with Crippen LogP contribution < -0.4 is 0 Å². The number of aliphatic hydroxyl groups is 1. The lowest BCUT2D eigenvalue weighted by Gasteiger charge is -2.72. The van der Waals surface area contributed by atoms with Gasteiger partial charge in [0.05, 0.1) is 13.2 Å². The molecule has 0 bridgehead atoms. The molecular formula is C16H26O3. The van der Waals surface area contributed by atoms with Crippen molar-refractivity contribution in [2.24, 2.45) is 22.7 Å². The number of fused-ring (bicyclic) bond motifs is 2. The fourth-order valence-corrected chi connectivity index (χ4v) is 5.69. The lowest BCUT2D eigenvalue weighted by molar-refractivity contribution is -0.336. The van der Waals surface area contributed by atoms with Crippen LogP contribution in [0.25, 0.3) is 0 Å². The summed E-state index contributed by atoms with van der Waals surface area (Å²) in [4.78, 5) is 0. The zero-order valence-electron chi connectivity index (χ0n) is 12.2. The molecule has 3 rings (SSSR count). The van der Waals surface area contributed by atoms with E-state index in [4.69, 9.17) is 9.47 Å². The van der Waals surface area contributed by atoms with Crippen molar-refractivity contribution in [3.05, 3.63) is 12.7 Å². The molecule has 3 fully saturated rings. The van der Waals surface area contributed by atoms with Gasteiger partial charge in [-0.1, -0.05) is 19.9 Å². The van der Waals surface area contributed by atoms with Crippen LogP contribution in [0.1, 0.15) is 39.5 Å². The second-order valence-corrected chi connectivity index (χ2v) is 7.00. The molecule has 3 heteroatoms. The van der Waals surface area contributed by atoms with Crippen LogP contribution in [0, 0.1) is 22.7 Å². The Bertz CT molecular complexity index is 370. The van der Waals surface area contributed by atoms with E-state index in [2.05, 4.69) is 26.5 Å². The van der Waals surface area contributed by atoms with E-state index < -0.39 is 0 Å². The van der Waals surface area contributed by atoms with E-state index in [1.807, 2.05) is 0 Å². The molecule has 0 aromatic heterocycles. The minimum absolute atomic E-state index is 0.0921. The highest BCUT2D eigenvalue weighted by atomic mass is 16.7. The van der Waals surface area contributed by atoms with Crippen LogP contribution in [0.4, 0.5) is 0 Å². The third-order valence-electron chi connectivity index (χ3n) is 5.98. The third-order valence-corrected chi connectivity index (χ3v) is 5.98. The maximum atomic E-state index is 9.39. The molecule has 3 nitrogen and oxygen atoms in total. The molecule has 3 atom stereocenters. The van der Waals surface area contributed by atoms with Crippen LogP contribution in [0.15, 0.2) is 12.7 Å². The van der Waals surface area contributed by atoms with Crippen molar-refractivity contribution >= 4 is 0 Å². The van der Waals surface area contributed by atoms with Crippen molar-refractivity contribution in [2.75, 3.05) is 19.8 Å². The summed E-state index contributed by atoms with van der Waals surface area (Å²) < 4.78 is 12.1. The molecule has 3 aliphatic rings. The van der Waals surface area contributed by atoms with Gasteiger partial charge in [0.2, 0.25) is 0 Å². The van der Waals surface area contributed by atoms with Crippen LogP contribution >= 0.6 is 0 Å². The molecule has 1 aliphatic heterocycles. The lowest BCUT2D eigenvalue weighted by Crippen LogP contribution is -2.71. The Kier molecular flexibility index (Phi) is 3.08. The number of ether oxygens (including phenoxy) is 2. The molecule has 1 N–H and O–H groups in total. The van der Waals surface area contributed by atoms with E-state index in [1.165, 1.54) is 0 Å². The molecule has 108 valence electrons. The summed E-state index contributed by atoms with van der Waals surface area (Å²) in [6, 6.07) is 0. The molecule has 0 radical (unpaired) electrons. The highest BCUT2D eigenvalue weighted by molar-refractivity contribution is 5.24. The van der Waals surface area contributed by atoms with Crippen molar-refractivity contribution in [3.8, 4) is 0 Å². The first-order valence-electron chi connectivity index (χ1n) is 7.56. The first kappa shape index (κ1) is 13.6. The average molecular weight is 266 g/mol. The monoisotopic (exact) mass is 266 g/mol. The molecule has 1 spiro atoms. The van der Waals surface area contributed by atoms with Crippen molar-refractivity contribution in [1.29, 1.82) is 0 Å². The van der Waals surface area contributed by atoms with E-state index in [0.717, 1.165) is 25.7 Å². The van der Waals surface area contributed by atoms with Crippen LogP contribution in [-0.2, 0) is 9.47 Å². The Hall–Kier alpha value is -0.380. The summed E-state index contributed by atoms with van der Waals surface area (Å²) in [6.45, 7) is 10.4. The molecule has 2 aliphatic carbocycles. The van der Waals surface area contributed by atoms with Gasteiger partial charge < -0.3 is 14.6 Å².